The summed E-state index contributed by atoms with van der Waals surface area (Å²) in [5.41, 5.74) is 0.844. The molecule has 28 heavy (non-hydrogen) atoms. The van der Waals surface area contributed by atoms with Gasteiger partial charge < -0.3 is 14.5 Å². The molecule has 1 aromatic carbocycles. The molecule has 2 aromatic rings. The fraction of sp³-hybridized carbons (Fsp3) is 0.421. The topological polar surface area (TPSA) is 111 Å². The summed E-state index contributed by atoms with van der Waals surface area (Å²) in [4.78, 5) is 12.3. The number of ether oxygens (including phenoxy) is 1. The maximum atomic E-state index is 12.3. The van der Waals surface area contributed by atoms with Crippen LogP contribution in [0.5, 0.6) is 5.75 Å². The van der Waals surface area contributed by atoms with Gasteiger partial charge in [-0.2, -0.15) is 0 Å². The third kappa shape index (κ3) is 6.49. The molecule has 8 nitrogen and oxygen atoms in total. The molecule has 152 valence electrons. The average Bonchev–Trinajstić information content (AvgIpc) is 3.11. The predicted octanol–water partition coefficient (Wildman–Crippen LogP) is 2.79. The zero-order valence-corrected chi connectivity index (χ0v) is 17.2. The molecule has 1 atom stereocenters. The molecule has 1 heterocycles. The van der Waals surface area contributed by atoms with Gasteiger partial charge in [0, 0.05) is 12.3 Å². The Hall–Kier alpha value is -2.68. The highest BCUT2D eigenvalue weighted by molar-refractivity contribution is 7.90. The summed E-state index contributed by atoms with van der Waals surface area (Å²) in [7, 11) is -3.60. The summed E-state index contributed by atoms with van der Waals surface area (Å²) in [6.45, 7) is 6.45. The average molecular weight is 407 g/mol. The Morgan fingerprint density at radius 3 is 2.46 bits per heavy atom. The van der Waals surface area contributed by atoms with E-state index in [-0.39, 0.29) is 17.7 Å². The number of carbonyl (C=O) groups is 1. The van der Waals surface area contributed by atoms with Crippen molar-refractivity contribution < 1.29 is 22.4 Å². The molecule has 0 saturated carbocycles. The Kier molecular flexibility index (Phi) is 7.33. The molecule has 0 saturated heterocycles. The highest BCUT2D eigenvalue weighted by Gasteiger charge is 2.24. The quantitative estimate of drug-likeness (QED) is 0.636. The minimum Gasteiger partial charge on any atom is -0.494 e. The summed E-state index contributed by atoms with van der Waals surface area (Å²) < 4.78 is 33.7. The number of aromatic nitrogens is 2. The molecular formula is C19H25N3O5S. The van der Waals surface area contributed by atoms with Crippen molar-refractivity contribution in [3.63, 3.8) is 0 Å². The van der Waals surface area contributed by atoms with Gasteiger partial charge in [0.1, 0.15) is 11.8 Å². The zero-order chi connectivity index (χ0) is 20.7. The van der Waals surface area contributed by atoms with Crippen LogP contribution in [0.25, 0.3) is 6.08 Å². The predicted molar refractivity (Wildman–Crippen MR) is 104 cm³/mol. The number of benzene rings is 1. The van der Waals surface area contributed by atoms with Gasteiger partial charge in [0.05, 0.1) is 6.61 Å². The number of sulfone groups is 1. The normalized spacial score (nSPS) is 13.0. The first-order valence-corrected chi connectivity index (χ1v) is 10.8. The van der Waals surface area contributed by atoms with E-state index in [2.05, 4.69) is 15.5 Å². The number of carbonyl (C=O) groups excluding carboxylic acids is 1. The van der Waals surface area contributed by atoms with Crippen molar-refractivity contribution >= 4 is 21.8 Å². The molecule has 1 amide bonds. The van der Waals surface area contributed by atoms with Crippen molar-refractivity contribution in [3.05, 3.63) is 41.8 Å². The standard InChI is InChI=1S/C19H25N3O5S/c1-5-26-15-9-6-14(7-10-15)8-11-17(23)20-16(12-13(2)3)18-21-22-19(27-18)28(4,24)25/h6-11,13,16H,5,12H2,1-4H3,(H,20,23)/b11-8+/t16-/m0/s1. The van der Waals surface area contributed by atoms with E-state index in [0.29, 0.717) is 13.0 Å². The van der Waals surface area contributed by atoms with Gasteiger partial charge in [-0.25, -0.2) is 8.42 Å². The number of hydrogen-bond donors (Lipinski definition) is 1. The van der Waals surface area contributed by atoms with Gasteiger partial charge in [0.2, 0.25) is 21.6 Å². The van der Waals surface area contributed by atoms with Crippen LogP contribution in [-0.2, 0) is 14.6 Å². The summed E-state index contributed by atoms with van der Waals surface area (Å²) in [6.07, 6.45) is 4.58. The van der Waals surface area contributed by atoms with Crippen molar-refractivity contribution in [3.8, 4) is 5.75 Å². The minimum absolute atomic E-state index is 0.0666. The molecule has 2 rings (SSSR count). The first kappa shape index (κ1) is 21.6. The molecule has 0 fully saturated rings. The fourth-order valence-electron chi connectivity index (χ4n) is 2.44. The highest BCUT2D eigenvalue weighted by Crippen LogP contribution is 2.22. The van der Waals surface area contributed by atoms with Crippen LogP contribution in [0, 0.1) is 5.92 Å². The van der Waals surface area contributed by atoms with Gasteiger partial charge in [0.15, 0.2) is 0 Å². The van der Waals surface area contributed by atoms with E-state index in [9.17, 15) is 13.2 Å². The van der Waals surface area contributed by atoms with Gasteiger partial charge >= 0.3 is 5.22 Å². The maximum absolute atomic E-state index is 12.3. The monoisotopic (exact) mass is 407 g/mol. The van der Waals surface area contributed by atoms with E-state index in [0.717, 1.165) is 17.6 Å². The van der Waals surface area contributed by atoms with E-state index in [1.165, 1.54) is 6.08 Å². The van der Waals surface area contributed by atoms with Crippen LogP contribution in [0.15, 0.2) is 40.0 Å². The number of nitrogens with one attached hydrogen (secondary N) is 1. The van der Waals surface area contributed by atoms with E-state index in [4.69, 9.17) is 9.15 Å². The van der Waals surface area contributed by atoms with Crippen LogP contribution in [0.1, 0.15) is 44.7 Å². The fourth-order valence-corrected chi connectivity index (χ4v) is 2.86. The Bertz CT molecular complexity index is 917. The lowest BCUT2D eigenvalue weighted by Gasteiger charge is -2.16. The molecule has 0 spiro atoms. The second-order valence-corrected chi connectivity index (χ2v) is 8.60. The molecule has 0 aliphatic heterocycles. The van der Waals surface area contributed by atoms with E-state index in [1.807, 2.05) is 45.0 Å². The molecular weight excluding hydrogens is 382 g/mol. The van der Waals surface area contributed by atoms with Crippen LogP contribution in [0.2, 0.25) is 0 Å². The SMILES string of the molecule is CCOc1ccc(/C=C/C(=O)N[C@@H](CC(C)C)c2nnc(S(C)(=O)=O)o2)cc1. The first-order chi connectivity index (χ1) is 13.2. The Morgan fingerprint density at radius 1 is 1.25 bits per heavy atom. The molecule has 0 unspecified atom stereocenters. The third-order valence-electron chi connectivity index (χ3n) is 3.68. The van der Waals surface area contributed by atoms with Crippen LogP contribution < -0.4 is 10.1 Å². The molecule has 0 aliphatic carbocycles. The van der Waals surface area contributed by atoms with Crippen LogP contribution >= 0.6 is 0 Å². The van der Waals surface area contributed by atoms with Gasteiger partial charge in [-0.1, -0.05) is 31.1 Å². The Labute approximate surface area is 164 Å². The van der Waals surface area contributed by atoms with Crippen LogP contribution in [0.3, 0.4) is 0 Å². The van der Waals surface area contributed by atoms with Crippen LogP contribution in [0.4, 0.5) is 0 Å². The van der Waals surface area contributed by atoms with Gasteiger partial charge in [-0.05, 0) is 43.0 Å². The molecule has 1 aromatic heterocycles. The number of amides is 1. The Balaban J connectivity index is 2.09. The number of hydrogen-bond acceptors (Lipinski definition) is 7. The summed E-state index contributed by atoms with van der Waals surface area (Å²) >= 11 is 0. The molecule has 0 radical (unpaired) electrons. The second kappa shape index (κ2) is 9.50. The van der Waals surface area contributed by atoms with Crippen molar-refractivity contribution in [1.82, 2.24) is 15.5 Å². The van der Waals surface area contributed by atoms with Crippen molar-refractivity contribution in [2.24, 2.45) is 5.92 Å². The molecule has 0 bridgehead atoms. The molecule has 9 heteroatoms. The zero-order valence-electron chi connectivity index (χ0n) is 16.4. The Morgan fingerprint density at radius 2 is 1.93 bits per heavy atom. The van der Waals surface area contributed by atoms with Crippen LogP contribution in [-0.4, -0.2) is 37.4 Å². The minimum atomic E-state index is -3.60. The number of nitrogens with zero attached hydrogens (tertiary/aromatic N) is 2. The smallest absolute Gasteiger partial charge is 0.335 e. The van der Waals surface area contributed by atoms with Gasteiger partial charge in [0.25, 0.3) is 0 Å². The van der Waals surface area contributed by atoms with Crippen molar-refractivity contribution in [1.29, 1.82) is 0 Å². The number of rotatable bonds is 9. The van der Waals surface area contributed by atoms with Crippen molar-refractivity contribution in [2.75, 3.05) is 12.9 Å². The van der Waals surface area contributed by atoms with Gasteiger partial charge in [-0.15, -0.1) is 5.10 Å². The lowest BCUT2D eigenvalue weighted by molar-refractivity contribution is -0.117. The lowest BCUT2D eigenvalue weighted by atomic mass is 10.0. The summed E-state index contributed by atoms with van der Waals surface area (Å²) in [5.74, 6) is 0.698. The lowest BCUT2D eigenvalue weighted by Crippen LogP contribution is -2.28. The molecule has 1 N–H and O–H groups in total. The van der Waals surface area contributed by atoms with Gasteiger partial charge in [-0.3, -0.25) is 4.79 Å². The summed E-state index contributed by atoms with van der Waals surface area (Å²) in [6, 6.07) is 6.76. The van der Waals surface area contributed by atoms with Crippen molar-refractivity contribution in [2.45, 2.75) is 38.5 Å². The van der Waals surface area contributed by atoms with E-state index in [1.54, 1.807) is 6.08 Å². The highest BCUT2D eigenvalue weighted by atomic mass is 32.2. The van der Waals surface area contributed by atoms with E-state index < -0.39 is 21.1 Å². The second-order valence-electron chi connectivity index (χ2n) is 6.70. The van der Waals surface area contributed by atoms with E-state index >= 15 is 0 Å². The largest absolute Gasteiger partial charge is 0.494 e. The first-order valence-electron chi connectivity index (χ1n) is 8.94. The summed E-state index contributed by atoms with van der Waals surface area (Å²) in [5, 5.41) is 9.67. The maximum Gasteiger partial charge on any atom is 0.335 e. The third-order valence-corrected chi connectivity index (χ3v) is 4.48. The molecule has 0 aliphatic rings.